The Labute approximate surface area is 283 Å². The molecule has 1 amide bonds. The van der Waals surface area contributed by atoms with Crippen molar-refractivity contribution in [2.75, 3.05) is 30.5 Å². The summed E-state index contributed by atoms with van der Waals surface area (Å²) in [6.07, 6.45) is -3.40. The van der Waals surface area contributed by atoms with E-state index in [1.165, 1.54) is 43.2 Å². The fourth-order valence-corrected chi connectivity index (χ4v) is 6.76. The zero-order valence-electron chi connectivity index (χ0n) is 26.5. The fraction of sp³-hybridized carbons (Fsp3) is 0.273. The van der Waals surface area contributed by atoms with Gasteiger partial charge in [0.2, 0.25) is 5.91 Å². The van der Waals surface area contributed by atoms with Crippen LogP contribution in [0, 0.1) is 11.7 Å². The maximum absolute atomic E-state index is 14.5. The molecule has 2 unspecified atom stereocenters. The van der Waals surface area contributed by atoms with Crippen LogP contribution >= 0.6 is 0 Å². The molecule has 0 aliphatic carbocycles. The van der Waals surface area contributed by atoms with Crippen LogP contribution in [0.3, 0.4) is 0 Å². The number of carbonyl (C=O) groups is 3. The third-order valence-corrected chi connectivity index (χ3v) is 9.86. The molecule has 50 heavy (non-hydrogen) atoms. The molecule has 3 aromatic carbocycles. The van der Waals surface area contributed by atoms with Crippen LogP contribution < -0.4 is 15.8 Å². The van der Waals surface area contributed by atoms with Gasteiger partial charge >= 0.3 is 18.1 Å². The number of carboxylic acid groups (broad SMARTS) is 2. The number of aliphatic carboxylic acids is 2. The molecule has 1 aromatic heterocycles. The van der Waals surface area contributed by atoms with E-state index in [2.05, 4.69) is 10.3 Å². The number of rotatable bonds is 9. The number of aromatic nitrogens is 1. The molecule has 1 saturated heterocycles. The van der Waals surface area contributed by atoms with Gasteiger partial charge in [0.25, 0.3) is 0 Å². The number of likely N-dealkylation sites (tertiary alicyclic amines) is 1. The van der Waals surface area contributed by atoms with Gasteiger partial charge in [-0.25, -0.2) is 22.6 Å². The third-order valence-electron chi connectivity index (χ3n) is 8.06. The van der Waals surface area contributed by atoms with Crippen molar-refractivity contribution < 1.29 is 55.3 Å². The molecule has 0 saturated carbocycles. The minimum atomic E-state index is -5.08. The van der Waals surface area contributed by atoms with Crippen molar-refractivity contribution in [3.63, 3.8) is 0 Å². The van der Waals surface area contributed by atoms with Gasteiger partial charge in [-0.2, -0.15) is 13.2 Å². The normalized spacial score (nSPS) is 16.6. The Hall–Kier alpha value is -5.45. The second-order valence-electron chi connectivity index (χ2n) is 11.1. The number of carbonyl (C=O) groups excluding carboxylic acids is 1. The van der Waals surface area contributed by atoms with E-state index in [4.69, 9.17) is 20.4 Å². The molecule has 0 radical (unpaired) electrons. The van der Waals surface area contributed by atoms with E-state index in [1.807, 2.05) is 0 Å². The first-order chi connectivity index (χ1) is 23.5. The van der Waals surface area contributed by atoms with E-state index >= 15 is 0 Å². The lowest BCUT2D eigenvalue weighted by Crippen LogP contribution is -2.39. The van der Waals surface area contributed by atoms with Gasteiger partial charge in [0.15, 0.2) is 21.4 Å². The highest BCUT2D eigenvalue weighted by atomic mass is 32.2. The number of carboxylic acids is 2. The lowest BCUT2D eigenvalue weighted by atomic mass is 9.93. The highest BCUT2D eigenvalue weighted by molar-refractivity contribution is 7.91. The van der Waals surface area contributed by atoms with Gasteiger partial charge in [-0.1, -0.05) is 31.2 Å². The van der Waals surface area contributed by atoms with Gasteiger partial charge in [-0.15, -0.1) is 0 Å². The number of hydrogen-bond donors (Lipinski definition) is 4. The van der Waals surface area contributed by atoms with Gasteiger partial charge in [-0.3, -0.25) is 9.59 Å². The SMILES string of the molecule is CCS(=O)(=O)c1ccccc1C1C(C(=O)O)CCN1C(=O)[C@H](Nc1ccc2c(N)nccc2c1)c1ccc(F)c(OC)c1.O=C(O)C(F)(F)F. The van der Waals surface area contributed by atoms with Gasteiger partial charge < -0.3 is 30.9 Å². The van der Waals surface area contributed by atoms with Gasteiger partial charge in [0.1, 0.15) is 11.9 Å². The Bertz CT molecular complexity index is 2030. The Balaban J connectivity index is 0.000000727. The fourth-order valence-electron chi connectivity index (χ4n) is 5.61. The topological polar surface area (TPSA) is 189 Å². The zero-order chi connectivity index (χ0) is 37.0. The molecule has 266 valence electrons. The van der Waals surface area contributed by atoms with Crippen molar-refractivity contribution in [3.8, 4) is 5.75 Å². The number of nitrogen functional groups attached to an aromatic ring is 1. The summed E-state index contributed by atoms with van der Waals surface area (Å²) in [6, 6.07) is 15.1. The number of sulfone groups is 1. The Morgan fingerprint density at radius 1 is 1.08 bits per heavy atom. The standard InChI is InChI=1S/C31H31FN4O6S.C2HF3O2/c1-3-43(40,41)26-7-5-4-6-22(26)28-23(31(38)39)13-15-36(28)30(37)27(19-8-11-24(32)25(17-19)42-2)35-20-9-10-21-18(16-20)12-14-34-29(21)33;3-2(4,5)1(6)7/h4-12,14,16-17,23,27-28,35H,3,13,15H2,1-2H3,(H2,33,34)(H,38,39);(H,6,7)/t23?,27-,28?;/m1./s1. The number of benzene rings is 3. The van der Waals surface area contributed by atoms with Gasteiger partial charge in [0, 0.05) is 23.8 Å². The minimum Gasteiger partial charge on any atom is -0.494 e. The molecule has 5 N–H and O–H groups in total. The van der Waals surface area contributed by atoms with Crippen LogP contribution in [0.25, 0.3) is 10.8 Å². The van der Waals surface area contributed by atoms with Crippen molar-refractivity contribution in [2.45, 2.75) is 36.5 Å². The maximum atomic E-state index is 14.5. The summed E-state index contributed by atoms with van der Waals surface area (Å²) in [5, 5.41) is 22.0. The average Bonchev–Trinajstić information content (AvgIpc) is 3.53. The largest absolute Gasteiger partial charge is 0.494 e. The molecule has 3 atom stereocenters. The second-order valence-corrected chi connectivity index (χ2v) is 13.3. The van der Waals surface area contributed by atoms with E-state index in [0.717, 1.165) is 10.8 Å². The Morgan fingerprint density at radius 2 is 1.76 bits per heavy atom. The number of halogens is 4. The van der Waals surface area contributed by atoms with Crippen LogP contribution in [0.15, 0.2) is 77.8 Å². The Morgan fingerprint density at radius 3 is 2.38 bits per heavy atom. The molecule has 5 rings (SSSR count). The molecule has 2 heterocycles. The second kappa shape index (κ2) is 15.0. The van der Waals surface area contributed by atoms with Crippen LogP contribution in [0.1, 0.15) is 36.6 Å². The molecule has 0 bridgehead atoms. The zero-order valence-corrected chi connectivity index (χ0v) is 27.3. The molecule has 1 aliphatic rings. The molecular formula is C33H32F4N4O8S. The highest BCUT2D eigenvalue weighted by Gasteiger charge is 2.45. The Kier molecular flexibility index (Phi) is 11.2. The smallest absolute Gasteiger partial charge is 0.490 e. The summed E-state index contributed by atoms with van der Waals surface area (Å²) in [7, 11) is -2.43. The first kappa shape index (κ1) is 37.4. The van der Waals surface area contributed by atoms with Crippen molar-refractivity contribution in [1.82, 2.24) is 9.88 Å². The first-order valence-corrected chi connectivity index (χ1v) is 16.5. The van der Waals surface area contributed by atoms with Crippen molar-refractivity contribution >= 4 is 50.0 Å². The van der Waals surface area contributed by atoms with E-state index in [1.54, 1.807) is 48.7 Å². The van der Waals surface area contributed by atoms with E-state index in [9.17, 15) is 40.7 Å². The van der Waals surface area contributed by atoms with Crippen LogP contribution in [0.2, 0.25) is 0 Å². The number of pyridine rings is 1. The molecule has 12 nitrogen and oxygen atoms in total. The van der Waals surface area contributed by atoms with Crippen LogP contribution in [-0.2, 0) is 24.2 Å². The summed E-state index contributed by atoms with van der Waals surface area (Å²) in [5.74, 6) is -5.99. The van der Waals surface area contributed by atoms with Crippen molar-refractivity contribution in [3.05, 3.63) is 89.9 Å². The number of nitrogens with zero attached hydrogens (tertiary/aromatic N) is 2. The number of ether oxygens (including phenoxy) is 1. The summed E-state index contributed by atoms with van der Waals surface area (Å²) in [4.78, 5) is 41.3. The lowest BCUT2D eigenvalue weighted by Gasteiger charge is -2.32. The predicted molar refractivity (Wildman–Crippen MR) is 174 cm³/mol. The van der Waals surface area contributed by atoms with Gasteiger partial charge in [0.05, 0.1) is 29.7 Å². The van der Waals surface area contributed by atoms with E-state index in [-0.39, 0.29) is 34.9 Å². The van der Waals surface area contributed by atoms with Crippen LogP contribution in [0.4, 0.5) is 29.1 Å². The van der Waals surface area contributed by atoms with Gasteiger partial charge in [-0.05, 0) is 65.4 Å². The highest BCUT2D eigenvalue weighted by Crippen LogP contribution is 2.42. The molecule has 17 heteroatoms. The molecule has 0 spiro atoms. The number of nitrogens with two attached hydrogens (primary N) is 1. The number of anilines is 2. The number of fused-ring (bicyclic) bond motifs is 1. The van der Waals surface area contributed by atoms with Crippen molar-refractivity contribution in [1.29, 1.82) is 0 Å². The number of amides is 1. The maximum Gasteiger partial charge on any atom is 0.490 e. The monoisotopic (exact) mass is 720 g/mol. The lowest BCUT2D eigenvalue weighted by molar-refractivity contribution is -0.192. The molecule has 4 aromatic rings. The van der Waals surface area contributed by atoms with Crippen LogP contribution in [-0.4, -0.2) is 71.9 Å². The quantitative estimate of drug-likeness (QED) is 0.166. The van der Waals surface area contributed by atoms with Crippen molar-refractivity contribution in [2.24, 2.45) is 5.92 Å². The number of nitrogens with one attached hydrogen (secondary N) is 1. The van der Waals surface area contributed by atoms with E-state index < -0.39 is 57.7 Å². The predicted octanol–water partition coefficient (Wildman–Crippen LogP) is 5.22. The summed E-state index contributed by atoms with van der Waals surface area (Å²) in [5.41, 5.74) is 7.15. The van der Waals surface area contributed by atoms with E-state index in [0.29, 0.717) is 17.1 Å². The first-order valence-electron chi connectivity index (χ1n) is 14.9. The summed E-state index contributed by atoms with van der Waals surface area (Å²) < 4.78 is 77.4. The third kappa shape index (κ3) is 8.05. The van der Waals surface area contributed by atoms with Crippen LogP contribution in [0.5, 0.6) is 5.75 Å². The number of alkyl halides is 3. The average molecular weight is 721 g/mol. The summed E-state index contributed by atoms with van der Waals surface area (Å²) >= 11 is 0. The summed E-state index contributed by atoms with van der Waals surface area (Å²) in [6.45, 7) is 1.57. The number of hydrogen-bond acceptors (Lipinski definition) is 9. The molecular weight excluding hydrogens is 688 g/mol. The molecule has 1 fully saturated rings. The minimum absolute atomic E-state index is 0.0119. The number of methoxy groups -OCH3 is 1. The molecule has 1 aliphatic heterocycles.